The number of hydrogen-bond donors (Lipinski definition) is 1. The first-order valence-corrected chi connectivity index (χ1v) is 5.74. The van der Waals surface area contributed by atoms with Crippen molar-refractivity contribution in [3.63, 3.8) is 0 Å². The number of aliphatic carboxylic acids is 1. The molecule has 15 heavy (non-hydrogen) atoms. The molecule has 2 aromatic rings. The molecule has 0 radical (unpaired) electrons. The van der Waals surface area contributed by atoms with Gasteiger partial charge in [0.1, 0.15) is 0 Å². The van der Waals surface area contributed by atoms with Gasteiger partial charge in [-0.3, -0.25) is 4.79 Å². The number of carbonyl (C=O) groups is 1. The van der Waals surface area contributed by atoms with Crippen LogP contribution in [0, 0.1) is 6.92 Å². The van der Waals surface area contributed by atoms with E-state index in [2.05, 4.69) is 24.4 Å². The molecule has 0 bridgehead atoms. The molecule has 1 N–H and O–H groups in total. The highest BCUT2D eigenvalue weighted by molar-refractivity contribution is 7.17. The third-order valence-corrected chi connectivity index (χ3v) is 3.49. The van der Waals surface area contributed by atoms with Crippen molar-refractivity contribution in [1.82, 2.24) is 0 Å². The third-order valence-electron chi connectivity index (χ3n) is 2.49. The zero-order chi connectivity index (χ0) is 10.8. The van der Waals surface area contributed by atoms with E-state index in [1.807, 2.05) is 6.07 Å². The van der Waals surface area contributed by atoms with Crippen LogP contribution in [-0.4, -0.2) is 11.1 Å². The molecule has 0 saturated carbocycles. The Bertz CT molecular complexity index is 499. The summed E-state index contributed by atoms with van der Waals surface area (Å²) in [4.78, 5) is 10.5. The van der Waals surface area contributed by atoms with Crippen LogP contribution >= 0.6 is 11.3 Å². The van der Waals surface area contributed by atoms with Crippen LogP contribution < -0.4 is 0 Å². The predicted molar refractivity (Wildman–Crippen MR) is 62.5 cm³/mol. The third kappa shape index (κ3) is 2.02. The van der Waals surface area contributed by atoms with Crippen molar-refractivity contribution >= 4 is 27.4 Å². The fourth-order valence-corrected chi connectivity index (χ4v) is 2.84. The van der Waals surface area contributed by atoms with E-state index < -0.39 is 5.97 Å². The lowest BCUT2D eigenvalue weighted by Crippen LogP contribution is -1.96. The molecule has 3 heteroatoms. The lowest BCUT2D eigenvalue weighted by molar-refractivity contribution is -0.136. The Morgan fingerprint density at radius 3 is 3.00 bits per heavy atom. The molecule has 2 rings (SSSR count). The van der Waals surface area contributed by atoms with Crippen LogP contribution in [0.4, 0.5) is 0 Å². The van der Waals surface area contributed by atoms with Crippen molar-refractivity contribution in [3.05, 3.63) is 34.7 Å². The topological polar surface area (TPSA) is 37.3 Å². The molecule has 0 aliphatic heterocycles. The Kier molecular flexibility index (Phi) is 2.73. The fraction of sp³-hybridized carbons (Fsp3) is 0.250. The number of rotatable bonds is 3. The summed E-state index contributed by atoms with van der Waals surface area (Å²) in [6.45, 7) is 2.07. The van der Waals surface area contributed by atoms with Gasteiger partial charge in [0.2, 0.25) is 0 Å². The second kappa shape index (κ2) is 4.03. The highest BCUT2D eigenvalue weighted by Crippen LogP contribution is 2.29. The SMILES string of the molecule is Cc1cccc2scc(CCC(=O)O)c12. The minimum Gasteiger partial charge on any atom is -0.481 e. The van der Waals surface area contributed by atoms with Crippen LogP contribution in [0.25, 0.3) is 10.1 Å². The summed E-state index contributed by atoms with van der Waals surface area (Å²) in [5.74, 6) is -0.733. The van der Waals surface area contributed by atoms with E-state index in [0.29, 0.717) is 6.42 Å². The lowest BCUT2D eigenvalue weighted by atomic mass is 10.0. The number of hydrogen-bond acceptors (Lipinski definition) is 2. The van der Waals surface area contributed by atoms with E-state index >= 15 is 0 Å². The molecule has 0 unspecified atom stereocenters. The van der Waals surface area contributed by atoms with E-state index in [1.54, 1.807) is 11.3 Å². The van der Waals surface area contributed by atoms with E-state index in [-0.39, 0.29) is 6.42 Å². The maximum absolute atomic E-state index is 10.5. The molecular formula is C12H12O2S. The molecule has 0 saturated heterocycles. The van der Waals surface area contributed by atoms with Crippen molar-refractivity contribution in [1.29, 1.82) is 0 Å². The molecule has 0 aliphatic rings. The fourth-order valence-electron chi connectivity index (χ4n) is 1.77. The largest absolute Gasteiger partial charge is 0.481 e. The van der Waals surface area contributed by atoms with Crippen LogP contribution in [0.15, 0.2) is 23.6 Å². The highest BCUT2D eigenvalue weighted by atomic mass is 32.1. The van der Waals surface area contributed by atoms with Gasteiger partial charge < -0.3 is 5.11 Å². The minimum absolute atomic E-state index is 0.208. The van der Waals surface area contributed by atoms with Crippen molar-refractivity contribution in [2.75, 3.05) is 0 Å². The van der Waals surface area contributed by atoms with Gasteiger partial charge in [-0.15, -0.1) is 11.3 Å². The average molecular weight is 220 g/mol. The summed E-state index contributed by atoms with van der Waals surface area (Å²) in [7, 11) is 0. The van der Waals surface area contributed by atoms with E-state index in [1.165, 1.54) is 15.6 Å². The van der Waals surface area contributed by atoms with Gasteiger partial charge in [-0.2, -0.15) is 0 Å². The summed E-state index contributed by atoms with van der Waals surface area (Å²) in [5.41, 5.74) is 2.39. The number of fused-ring (bicyclic) bond motifs is 1. The first-order chi connectivity index (χ1) is 7.18. The van der Waals surface area contributed by atoms with E-state index in [0.717, 1.165) is 5.56 Å². The Morgan fingerprint density at radius 1 is 1.47 bits per heavy atom. The van der Waals surface area contributed by atoms with Crippen molar-refractivity contribution in [2.24, 2.45) is 0 Å². The highest BCUT2D eigenvalue weighted by Gasteiger charge is 2.07. The molecule has 1 aromatic heterocycles. The van der Waals surface area contributed by atoms with Crippen LogP contribution in [0.1, 0.15) is 17.5 Å². The molecule has 1 aromatic carbocycles. The Labute approximate surface area is 92.2 Å². The first kappa shape index (κ1) is 10.2. The molecule has 0 spiro atoms. The van der Waals surface area contributed by atoms with Gasteiger partial charge in [0.15, 0.2) is 0 Å². The maximum atomic E-state index is 10.5. The summed E-state index contributed by atoms with van der Waals surface area (Å²) in [6, 6.07) is 6.19. The Hall–Kier alpha value is -1.35. The van der Waals surface area contributed by atoms with Gasteiger partial charge in [-0.1, -0.05) is 12.1 Å². The maximum Gasteiger partial charge on any atom is 0.303 e. The number of carboxylic acid groups (broad SMARTS) is 1. The number of carboxylic acids is 1. The van der Waals surface area contributed by atoms with Gasteiger partial charge in [-0.25, -0.2) is 0 Å². The van der Waals surface area contributed by atoms with Crippen LogP contribution in [0.5, 0.6) is 0 Å². The zero-order valence-electron chi connectivity index (χ0n) is 8.49. The second-order valence-electron chi connectivity index (χ2n) is 3.60. The zero-order valence-corrected chi connectivity index (χ0v) is 9.30. The number of thiophene rings is 1. The van der Waals surface area contributed by atoms with Crippen LogP contribution in [0.2, 0.25) is 0 Å². The Morgan fingerprint density at radius 2 is 2.27 bits per heavy atom. The predicted octanol–water partition coefficient (Wildman–Crippen LogP) is 3.23. The minimum atomic E-state index is -0.733. The molecule has 0 amide bonds. The van der Waals surface area contributed by atoms with Gasteiger partial charge >= 0.3 is 5.97 Å². The summed E-state index contributed by atoms with van der Waals surface area (Å²) in [6.07, 6.45) is 0.834. The van der Waals surface area contributed by atoms with Crippen molar-refractivity contribution in [3.8, 4) is 0 Å². The van der Waals surface area contributed by atoms with E-state index in [9.17, 15) is 4.79 Å². The van der Waals surface area contributed by atoms with Crippen molar-refractivity contribution in [2.45, 2.75) is 19.8 Å². The smallest absolute Gasteiger partial charge is 0.303 e. The van der Waals surface area contributed by atoms with Gasteiger partial charge in [-0.05, 0) is 41.3 Å². The summed E-state index contributed by atoms with van der Waals surface area (Å²) in [5, 5.41) is 12.0. The number of aryl methyl sites for hydroxylation is 2. The Balaban J connectivity index is 2.39. The molecule has 0 aliphatic carbocycles. The van der Waals surface area contributed by atoms with Gasteiger partial charge in [0.05, 0.1) is 0 Å². The van der Waals surface area contributed by atoms with Crippen LogP contribution in [0.3, 0.4) is 0 Å². The van der Waals surface area contributed by atoms with Crippen LogP contribution in [-0.2, 0) is 11.2 Å². The average Bonchev–Trinajstić information content (AvgIpc) is 2.59. The van der Waals surface area contributed by atoms with Crippen molar-refractivity contribution < 1.29 is 9.90 Å². The van der Waals surface area contributed by atoms with E-state index in [4.69, 9.17) is 5.11 Å². The van der Waals surface area contributed by atoms with Gasteiger partial charge in [0, 0.05) is 11.1 Å². The lowest BCUT2D eigenvalue weighted by Gasteiger charge is -2.00. The number of benzene rings is 1. The first-order valence-electron chi connectivity index (χ1n) is 4.86. The summed E-state index contributed by atoms with van der Waals surface area (Å²) < 4.78 is 1.25. The van der Waals surface area contributed by atoms with Gasteiger partial charge in [0.25, 0.3) is 0 Å². The molecular weight excluding hydrogens is 208 g/mol. The molecule has 2 nitrogen and oxygen atoms in total. The second-order valence-corrected chi connectivity index (χ2v) is 4.51. The molecule has 0 atom stereocenters. The standard InChI is InChI=1S/C12H12O2S/c1-8-3-2-4-10-12(8)9(7-15-10)5-6-11(13)14/h2-4,7H,5-6H2,1H3,(H,13,14). The quantitative estimate of drug-likeness (QED) is 0.862. The monoisotopic (exact) mass is 220 g/mol. The molecule has 0 fully saturated rings. The molecule has 78 valence electrons. The molecule has 1 heterocycles. The summed E-state index contributed by atoms with van der Waals surface area (Å²) >= 11 is 1.69. The normalized spacial score (nSPS) is 10.7.